The molecule has 0 bridgehead atoms. The minimum Gasteiger partial charge on any atom is -0.317 e. The highest BCUT2D eigenvalue weighted by Crippen LogP contribution is 2.04. The summed E-state index contributed by atoms with van der Waals surface area (Å²) in [5.41, 5.74) is 0. The Labute approximate surface area is 458 Å². The van der Waals surface area contributed by atoms with Crippen molar-refractivity contribution in [1.82, 2.24) is 83.4 Å². The van der Waals surface area contributed by atoms with Gasteiger partial charge in [-0.05, 0) is 377 Å². The number of nitrogens with one attached hydrogen (secondary N) is 12. The number of nitrogens with zero attached hydrogens (tertiary/aromatic N) is 4. The molecule has 74 heavy (non-hydrogen) atoms. The zero-order chi connectivity index (χ0) is 51.8. The Morgan fingerprint density at radius 3 is 0.419 bits per heavy atom. The Balaban J connectivity index is 1.36. The van der Waals surface area contributed by atoms with Crippen LogP contribution < -0.4 is 63.8 Å². The van der Waals surface area contributed by atoms with E-state index in [2.05, 4.69) is 83.4 Å². The van der Waals surface area contributed by atoms with Gasteiger partial charge >= 0.3 is 0 Å². The molecule has 0 radical (unpaired) electrons. The predicted molar refractivity (Wildman–Crippen MR) is 322 cm³/mol. The van der Waals surface area contributed by atoms with Crippen molar-refractivity contribution in [2.24, 2.45) is 0 Å². The van der Waals surface area contributed by atoms with Crippen LogP contribution in [0, 0.1) is 0 Å². The molecule has 0 unspecified atom stereocenters. The third kappa shape index (κ3) is 46.3. The molecule has 0 aliphatic carbocycles. The first-order valence-electron chi connectivity index (χ1n) is 32.3. The summed E-state index contributed by atoms with van der Waals surface area (Å²) < 4.78 is 0. The molecule has 0 amide bonds. The molecule has 12 N–H and O–H groups in total. The molecule has 3 aliphatic rings. The number of rotatable bonds is 8. The maximum absolute atomic E-state index is 3.81. The van der Waals surface area contributed by atoms with E-state index in [1.807, 2.05) is 0 Å². The van der Waals surface area contributed by atoms with Gasteiger partial charge in [0.1, 0.15) is 0 Å². The molecule has 0 aromatic carbocycles. The lowest BCUT2D eigenvalue weighted by Gasteiger charge is -2.26. The van der Waals surface area contributed by atoms with E-state index in [9.17, 15) is 0 Å². The number of hydrogen-bond donors (Lipinski definition) is 12. The minimum absolute atomic E-state index is 1.13. The Hall–Kier alpha value is -0.640. The fourth-order valence-corrected chi connectivity index (χ4v) is 10.7. The summed E-state index contributed by atoms with van der Waals surface area (Å²) >= 11 is 0. The highest BCUT2D eigenvalue weighted by atomic mass is 15.2. The van der Waals surface area contributed by atoms with Gasteiger partial charge in [0.15, 0.2) is 0 Å². The molecule has 0 atom stereocenters. The van der Waals surface area contributed by atoms with Gasteiger partial charge in [0.05, 0.1) is 0 Å². The molecule has 16 nitrogen and oxygen atoms in total. The van der Waals surface area contributed by atoms with Crippen LogP contribution in [0.1, 0.15) is 141 Å². The molecule has 3 heterocycles. The van der Waals surface area contributed by atoms with Gasteiger partial charge in [-0.1, -0.05) is 0 Å². The van der Waals surface area contributed by atoms with E-state index in [4.69, 9.17) is 0 Å². The highest BCUT2D eigenvalue weighted by molar-refractivity contribution is 4.70. The second-order valence-electron chi connectivity index (χ2n) is 22.1. The molecule has 3 saturated heterocycles. The van der Waals surface area contributed by atoms with Crippen LogP contribution in [0.5, 0.6) is 0 Å². The third-order valence-corrected chi connectivity index (χ3v) is 15.2. The van der Waals surface area contributed by atoms with Gasteiger partial charge in [0.25, 0.3) is 0 Å². The molecular weight excluding hydrogens is 921 g/mol. The van der Waals surface area contributed by atoms with Crippen LogP contribution in [0.3, 0.4) is 0 Å². The second-order valence-corrected chi connectivity index (χ2v) is 22.1. The van der Waals surface area contributed by atoms with Gasteiger partial charge in [-0.3, -0.25) is 0 Å². The van der Waals surface area contributed by atoms with Crippen molar-refractivity contribution in [2.75, 3.05) is 236 Å². The van der Waals surface area contributed by atoms with Crippen LogP contribution in [-0.4, -0.2) is 255 Å². The van der Waals surface area contributed by atoms with Crippen LogP contribution >= 0.6 is 0 Å². The molecule has 0 saturated carbocycles. The average Bonchev–Trinajstić information content (AvgIpc) is 3.40. The van der Waals surface area contributed by atoms with Gasteiger partial charge < -0.3 is 83.4 Å². The molecule has 0 aromatic rings. The summed E-state index contributed by atoms with van der Waals surface area (Å²) in [5, 5.41) is 44.7. The van der Waals surface area contributed by atoms with Crippen LogP contribution in [0.15, 0.2) is 0 Å². The summed E-state index contributed by atoms with van der Waals surface area (Å²) in [4.78, 5) is 11.1. The van der Waals surface area contributed by atoms with Crippen LogP contribution in [0.4, 0.5) is 0 Å². The molecule has 3 aliphatic heterocycles. The smallest absolute Gasteiger partial charge is 0.000653 e. The number of hydrogen-bond acceptors (Lipinski definition) is 16. The molecular formula is C58H128N16. The Kier molecular flexibility index (Phi) is 50.9. The molecule has 0 spiro atoms. The van der Waals surface area contributed by atoms with Gasteiger partial charge in [-0.25, -0.2) is 0 Å². The lowest BCUT2D eigenvalue weighted by Crippen LogP contribution is -2.36. The Morgan fingerprint density at radius 2 is 0.270 bits per heavy atom. The fourth-order valence-electron chi connectivity index (χ4n) is 10.7. The maximum atomic E-state index is 3.81. The first kappa shape index (κ1) is 67.6. The molecule has 0 aromatic heterocycles. The first-order chi connectivity index (χ1) is 36.9. The Morgan fingerprint density at radius 1 is 0.149 bits per heavy atom. The van der Waals surface area contributed by atoms with Gasteiger partial charge in [-0.2, -0.15) is 0 Å². The summed E-state index contributed by atoms with van der Waals surface area (Å²) in [6.07, 6.45) is 27.5. The SMILES string of the molecule is C1CCNCCCNCCCN(CCCN2CCCNCCCCNCCCN(CCCN3CCCNCCCNCCCCNCCCNCCC3)CCCNCCCCNCCC2)CCCNCCCNC1. The standard InChI is InChI=1S/C58H128N16/c1-2-24-60-32-10-36-68-44-18-52-73(51-17-43-67-35-9-31-59-23-1)57-21-55-71-47-13-39-63-27-5-7-29-65-41-15-49-72(50-16-42-66-30-8-6-28-64-40-14-48-71)56-22-58-74-53-19-45-69-37-11-33-61-25-3-4-26-62-34-12-38-70-46-20-54-74/h59-70H,1-58H2. The van der Waals surface area contributed by atoms with E-state index >= 15 is 0 Å². The third-order valence-electron chi connectivity index (χ3n) is 15.2. The summed E-state index contributed by atoms with van der Waals surface area (Å²) in [7, 11) is 0. The lowest BCUT2D eigenvalue weighted by molar-refractivity contribution is 0.218. The summed E-state index contributed by atoms with van der Waals surface area (Å²) in [6.45, 7) is 41.8. The van der Waals surface area contributed by atoms with E-state index in [1.54, 1.807) is 0 Å². The monoisotopic (exact) mass is 1050 g/mol. The van der Waals surface area contributed by atoms with Gasteiger partial charge in [0.2, 0.25) is 0 Å². The minimum atomic E-state index is 1.13. The van der Waals surface area contributed by atoms with E-state index in [0.29, 0.717) is 0 Å². The van der Waals surface area contributed by atoms with Crippen LogP contribution in [0.25, 0.3) is 0 Å². The average molecular weight is 1050 g/mol. The second kappa shape index (κ2) is 55.7. The van der Waals surface area contributed by atoms with Gasteiger partial charge in [-0.15, -0.1) is 0 Å². The highest BCUT2D eigenvalue weighted by Gasteiger charge is 2.12. The van der Waals surface area contributed by atoms with E-state index in [0.717, 1.165) is 157 Å². The zero-order valence-electron chi connectivity index (χ0n) is 48.8. The van der Waals surface area contributed by atoms with Crippen molar-refractivity contribution < 1.29 is 0 Å². The first-order valence-corrected chi connectivity index (χ1v) is 32.3. The topological polar surface area (TPSA) is 157 Å². The Bertz CT molecular complexity index is 944. The molecule has 440 valence electrons. The molecule has 16 heteroatoms. The van der Waals surface area contributed by atoms with Crippen molar-refractivity contribution in [3.8, 4) is 0 Å². The maximum Gasteiger partial charge on any atom is -0.000653 e. The molecule has 3 fully saturated rings. The molecule has 3 rings (SSSR count). The zero-order valence-corrected chi connectivity index (χ0v) is 48.8. The van der Waals surface area contributed by atoms with E-state index < -0.39 is 0 Å². The van der Waals surface area contributed by atoms with E-state index in [-0.39, 0.29) is 0 Å². The summed E-state index contributed by atoms with van der Waals surface area (Å²) in [6, 6.07) is 0. The van der Waals surface area contributed by atoms with Crippen molar-refractivity contribution in [3.63, 3.8) is 0 Å². The van der Waals surface area contributed by atoms with Crippen molar-refractivity contribution >= 4 is 0 Å². The predicted octanol–water partition coefficient (Wildman–Crippen LogP) is 2.89. The van der Waals surface area contributed by atoms with E-state index in [1.165, 1.54) is 220 Å². The lowest BCUT2D eigenvalue weighted by atomic mass is 10.2. The quantitative estimate of drug-likeness (QED) is 0.172. The van der Waals surface area contributed by atoms with Gasteiger partial charge in [0, 0.05) is 0 Å². The fraction of sp³-hybridized carbons (Fsp3) is 1.00. The normalized spacial score (nSPS) is 24.6. The largest absolute Gasteiger partial charge is 0.317 e. The van der Waals surface area contributed by atoms with Crippen molar-refractivity contribution in [1.29, 1.82) is 0 Å². The van der Waals surface area contributed by atoms with Crippen molar-refractivity contribution in [2.45, 2.75) is 141 Å². The van der Waals surface area contributed by atoms with Crippen molar-refractivity contribution in [3.05, 3.63) is 0 Å². The van der Waals surface area contributed by atoms with Crippen LogP contribution in [-0.2, 0) is 0 Å². The van der Waals surface area contributed by atoms with Crippen LogP contribution in [0.2, 0.25) is 0 Å². The summed E-state index contributed by atoms with van der Waals surface area (Å²) in [5.74, 6) is 0.